The van der Waals surface area contributed by atoms with Gasteiger partial charge in [0.15, 0.2) is 0 Å². The van der Waals surface area contributed by atoms with Gasteiger partial charge >= 0.3 is 0 Å². The number of halogens is 2. The van der Waals surface area contributed by atoms with Gasteiger partial charge in [0.05, 0.1) is 12.6 Å². The molecule has 4 nitrogen and oxygen atoms in total. The predicted octanol–water partition coefficient (Wildman–Crippen LogP) is 1.70. The van der Waals surface area contributed by atoms with Crippen LogP contribution in [0.4, 0.5) is 5.69 Å². The molecule has 1 heterocycles. The third kappa shape index (κ3) is 3.41. The molecule has 0 radical (unpaired) electrons. The maximum absolute atomic E-state index is 11.7. The van der Waals surface area contributed by atoms with Crippen LogP contribution in [0.25, 0.3) is 0 Å². The van der Waals surface area contributed by atoms with Gasteiger partial charge in [-0.15, -0.1) is 11.6 Å². The first-order valence-corrected chi connectivity index (χ1v) is 7.45. The Hall–Kier alpha value is -0.780. The van der Waals surface area contributed by atoms with Gasteiger partial charge in [0.1, 0.15) is 5.88 Å². The Kier molecular flexibility index (Phi) is 5.07. The molecule has 2 rings (SSSR count). The number of nitrogens with zero attached hydrogens (tertiary/aromatic N) is 2. The molecule has 1 aromatic rings. The van der Waals surface area contributed by atoms with Crippen LogP contribution in [-0.4, -0.2) is 54.1 Å². The van der Waals surface area contributed by atoms with Crippen LogP contribution in [0, 0.1) is 0 Å². The van der Waals surface area contributed by atoms with Gasteiger partial charge in [-0.1, -0.05) is 15.9 Å². The average Bonchev–Trinajstić information content (AvgIpc) is 2.46. The molecular formula is C13H16BrClN2O2. The largest absolute Gasteiger partial charge is 0.394 e. The molecule has 1 aromatic carbocycles. The molecule has 1 N–H and O–H groups in total. The SMILES string of the molecule is O=C(CCl)N1CCN(c2ccc(Br)cc2)CC1CO. The summed E-state index contributed by atoms with van der Waals surface area (Å²) in [5.41, 5.74) is 1.10. The van der Waals surface area contributed by atoms with Crippen molar-refractivity contribution in [1.82, 2.24) is 4.90 Å². The molecule has 0 bridgehead atoms. The number of hydrogen-bond acceptors (Lipinski definition) is 3. The molecule has 1 atom stereocenters. The summed E-state index contributed by atoms with van der Waals surface area (Å²) in [4.78, 5) is 15.5. The van der Waals surface area contributed by atoms with Crippen molar-refractivity contribution in [3.05, 3.63) is 28.7 Å². The van der Waals surface area contributed by atoms with Gasteiger partial charge in [-0.2, -0.15) is 0 Å². The molecule has 1 aliphatic heterocycles. The number of anilines is 1. The van der Waals surface area contributed by atoms with E-state index >= 15 is 0 Å². The second-order valence-electron chi connectivity index (χ2n) is 4.48. The summed E-state index contributed by atoms with van der Waals surface area (Å²) < 4.78 is 1.03. The number of alkyl halides is 1. The Bertz CT molecular complexity index is 441. The number of carbonyl (C=O) groups excluding carboxylic acids is 1. The van der Waals surface area contributed by atoms with Gasteiger partial charge in [0, 0.05) is 29.8 Å². The number of benzene rings is 1. The number of aliphatic hydroxyl groups excluding tert-OH is 1. The normalized spacial score (nSPS) is 19.6. The summed E-state index contributed by atoms with van der Waals surface area (Å²) in [7, 11) is 0. The summed E-state index contributed by atoms with van der Waals surface area (Å²) in [6, 6.07) is 7.83. The topological polar surface area (TPSA) is 43.8 Å². The molecule has 19 heavy (non-hydrogen) atoms. The summed E-state index contributed by atoms with van der Waals surface area (Å²) in [5, 5.41) is 9.44. The minimum absolute atomic E-state index is 0.0330. The number of amides is 1. The van der Waals surface area contributed by atoms with Crippen LogP contribution < -0.4 is 4.90 Å². The fourth-order valence-electron chi connectivity index (χ4n) is 2.30. The zero-order chi connectivity index (χ0) is 13.8. The van der Waals surface area contributed by atoms with Gasteiger partial charge in [-0.25, -0.2) is 0 Å². The van der Waals surface area contributed by atoms with Crippen molar-refractivity contribution in [2.45, 2.75) is 6.04 Å². The van der Waals surface area contributed by atoms with Crippen molar-refractivity contribution < 1.29 is 9.90 Å². The minimum Gasteiger partial charge on any atom is -0.394 e. The standard InChI is InChI=1S/C13H16BrClN2O2/c14-10-1-3-11(4-2-10)16-5-6-17(13(19)7-15)12(8-16)9-18/h1-4,12,18H,5-9H2. The van der Waals surface area contributed by atoms with Gasteiger partial charge < -0.3 is 14.9 Å². The Morgan fingerprint density at radius 1 is 1.37 bits per heavy atom. The second-order valence-corrected chi connectivity index (χ2v) is 5.66. The molecule has 104 valence electrons. The van der Waals surface area contributed by atoms with Crippen LogP contribution in [0.5, 0.6) is 0 Å². The highest BCUT2D eigenvalue weighted by Crippen LogP contribution is 2.21. The zero-order valence-corrected chi connectivity index (χ0v) is 12.8. The highest BCUT2D eigenvalue weighted by Gasteiger charge is 2.29. The lowest BCUT2D eigenvalue weighted by Gasteiger charge is -2.41. The fraction of sp³-hybridized carbons (Fsp3) is 0.462. The van der Waals surface area contributed by atoms with Crippen LogP contribution in [0.15, 0.2) is 28.7 Å². The predicted molar refractivity (Wildman–Crippen MR) is 79.7 cm³/mol. The molecule has 1 unspecified atom stereocenters. The van der Waals surface area contributed by atoms with Crippen molar-refractivity contribution in [2.75, 3.05) is 37.0 Å². The molecule has 0 aliphatic carbocycles. The van der Waals surface area contributed by atoms with Gasteiger partial charge in [-0.05, 0) is 24.3 Å². The van der Waals surface area contributed by atoms with Crippen LogP contribution >= 0.6 is 27.5 Å². The first kappa shape index (κ1) is 14.6. The summed E-state index contributed by atoms with van der Waals surface area (Å²) >= 11 is 8.99. The van der Waals surface area contributed by atoms with Crippen LogP contribution in [0.3, 0.4) is 0 Å². The number of aliphatic hydroxyl groups is 1. The Labute approximate surface area is 126 Å². The number of carbonyl (C=O) groups is 1. The second kappa shape index (κ2) is 6.59. The first-order valence-electron chi connectivity index (χ1n) is 6.12. The van der Waals surface area contributed by atoms with Crippen LogP contribution in [0.2, 0.25) is 0 Å². The number of hydrogen-bond donors (Lipinski definition) is 1. The third-order valence-electron chi connectivity index (χ3n) is 3.32. The van der Waals surface area contributed by atoms with Crippen molar-refractivity contribution in [3.8, 4) is 0 Å². The van der Waals surface area contributed by atoms with E-state index in [1.54, 1.807) is 4.90 Å². The minimum atomic E-state index is -0.191. The number of piperazine rings is 1. The maximum atomic E-state index is 11.7. The van der Waals surface area contributed by atoms with E-state index in [0.717, 1.165) is 16.7 Å². The quantitative estimate of drug-likeness (QED) is 0.847. The molecule has 1 amide bonds. The van der Waals surface area contributed by atoms with Gasteiger partial charge in [-0.3, -0.25) is 4.79 Å². The lowest BCUT2D eigenvalue weighted by molar-refractivity contribution is -0.132. The molecule has 0 spiro atoms. The van der Waals surface area contributed by atoms with E-state index in [9.17, 15) is 9.90 Å². The highest BCUT2D eigenvalue weighted by atomic mass is 79.9. The van der Waals surface area contributed by atoms with Crippen molar-refractivity contribution in [2.24, 2.45) is 0 Å². The van der Waals surface area contributed by atoms with E-state index in [2.05, 4.69) is 20.8 Å². The average molecular weight is 348 g/mol. The van der Waals surface area contributed by atoms with Crippen molar-refractivity contribution in [1.29, 1.82) is 0 Å². The molecule has 1 saturated heterocycles. The van der Waals surface area contributed by atoms with E-state index < -0.39 is 0 Å². The molecule has 1 aliphatic rings. The Morgan fingerprint density at radius 2 is 2.05 bits per heavy atom. The van der Waals surface area contributed by atoms with E-state index in [1.165, 1.54) is 0 Å². The molecular weight excluding hydrogens is 332 g/mol. The molecule has 6 heteroatoms. The van der Waals surface area contributed by atoms with Crippen molar-refractivity contribution >= 4 is 39.1 Å². The summed E-state index contributed by atoms with van der Waals surface area (Å²) in [6.07, 6.45) is 0. The monoisotopic (exact) mass is 346 g/mol. The Balaban J connectivity index is 2.08. The maximum Gasteiger partial charge on any atom is 0.237 e. The lowest BCUT2D eigenvalue weighted by Crippen LogP contribution is -2.57. The Morgan fingerprint density at radius 3 is 2.63 bits per heavy atom. The first-order chi connectivity index (χ1) is 9.15. The van der Waals surface area contributed by atoms with Crippen LogP contribution in [0.1, 0.15) is 0 Å². The highest BCUT2D eigenvalue weighted by molar-refractivity contribution is 9.10. The van der Waals surface area contributed by atoms with E-state index in [4.69, 9.17) is 11.6 Å². The van der Waals surface area contributed by atoms with E-state index in [-0.39, 0.29) is 24.4 Å². The zero-order valence-electron chi connectivity index (χ0n) is 10.4. The summed E-state index contributed by atoms with van der Waals surface area (Å²) in [5.74, 6) is -0.148. The molecule has 0 aromatic heterocycles. The molecule has 1 fully saturated rings. The number of rotatable bonds is 3. The van der Waals surface area contributed by atoms with Crippen LogP contribution in [-0.2, 0) is 4.79 Å². The third-order valence-corrected chi connectivity index (χ3v) is 4.08. The van der Waals surface area contributed by atoms with E-state index in [1.807, 2.05) is 24.3 Å². The molecule has 0 saturated carbocycles. The van der Waals surface area contributed by atoms with Gasteiger partial charge in [0.25, 0.3) is 0 Å². The smallest absolute Gasteiger partial charge is 0.237 e. The van der Waals surface area contributed by atoms with Gasteiger partial charge in [0.2, 0.25) is 5.91 Å². The summed E-state index contributed by atoms with van der Waals surface area (Å²) in [6.45, 7) is 1.92. The van der Waals surface area contributed by atoms with Crippen molar-refractivity contribution in [3.63, 3.8) is 0 Å². The fourth-order valence-corrected chi connectivity index (χ4v) is 2.72. The van der Waals surface area contributed by atoms with E-state index in [0.29, 0.717) is 13.1 Å². The lowest BCUT2D eigenvalue weighted by atomic mass is 10.1.